The average molecular weight is 368 g/mol. The highest BCUT2D eigenvalue weighted by Crippen LogP contribution is 2.33. The summed E-state index contributed by atoms with van der Waals surface area (Å²) in [6.45, 7) is 2.07. The molecule has 23 heavy (non-hydrogen) atoms. The van der Waals surface area contributed by atoms with Gasteiger partial charge in [0.1, 0.15) is 17.2 Å². The molecule has 3 heterocycles. The largest absolute Gasteiger partial charge is 0.448 e. The minimum Gasteiger partial charge on any atom is -0.448 e. The van der Waals surface area contributed by atoms with Gasteiger partial charge >= 0.3 is 0 Å². The summed E-state index contributed by atoms with van der Waals surface area (Å²) in [5, 5.41) is 3.46. The summed E-state index contributed by atoms with van der Waals surface area (Å²) >= 11 is 3.35. The van der Waals surface area contributed by atoms with Crippen LogP contribution in [0.5, 0.6) is 0 Å². The van der Waals surface area contributed by atoms with E-state index in [4.69, 9.17) is 9.40 Å². The predicted octanol–water partition coefficient (Wildman–Crippen LogP) is 5.41. The number of aryl methyl sites for hydroxylation is 1. The number of furan rings is 1. The first-order valence-electron chi connectivity index (χ1n) is 7.27. The lowest BCUT2D eigenvalue weighted by Crippen LogP contribution is -1.96. The fraction of sp³-hybridized carbons (Fsp3) is 0.0556. The first-order chi connectivity index (χ1) is 11.2. The minimum atomic E-state index is 0.686. The zero-order chi connectivity index (χ0) is 15.8. The Labute approximate surface area is 141 Å². The second kappa shape index (κ2) is 5.59. The van der Waals surface area contributed by atoms with E-state index in [0.717, 1.165) is 28.6 Å². The van der Waals surface area contributed by atoms with E-state index >= 15 is 0 Å². The molecule has 114 valence electrons. The van der Waals surface area contributed by atoms with Crippen LogP contribution in [0.15, 0.2) is 69.9 Å². The van der Waals surface area contributed by atoms with Crippen molar-refractivity contribution in [3.05, 3.63) is 71.0 Å². The number of anilines is 2. The van der Waals surface area contributed by atoms with Crippen molar-refractivity contribution in [2.45, 2.75) is 6.92 Å². The molecule has 0 spiro atoms. The highest BCUT2D eigenvalue weighted by molar-refractivity contribution is 9.10. The monoisotopic (exact) mass is 367 g/mol. The van der Waals surface area contributed by atoms with Crippen LogP contribution in [-0.2, 0) is 0 Å². The zero-order valence-electron chi connectivity index (χ0n) is 12.5. The smallest absolute Gasteiger partial charge is 0.169 e. The van der Waals surface area contributed by atoms with Crippen LogP contribution in [0.25, 0.3) is 17.1 Å². The highest BCUT2D eigenvalue weighted by atomic mass is 79.9. The molecule has 1 N–H and O–H groups in total. The molecule has 0 radical (unpaired) electrons. The zero-order valence-corrected chi connectivity index (χ0v) is 14.0. The topological polar surface area (TPSA) is 42.5 Å². The van der Waals surface area contributed by atoms with E-state index in [1.165, 1.54) is 5.56 Å². The first kappa shape index (κ1) is 14.1. The maximum atomic E-state index is 5.70. The quantitative estimate of drug-likeness (QED) is 0.526. The third-order valence-corrected chi connectivity index (χ3v) is 4.08. The number of benzene rings is 1. The number of nitrogens with zero attached hydrogens (tertiary/aromatic N) is 2. The third kappa shape index (κ3) is 2.64. The number of hydrogen-bond donors (Lipinski definition) is 1. The lowest BCUT2D eigenvalue weighted by Gasteiger charge is -2.08. The Hall–Kier alpha value is -2.53. The van der Waals surface area contributed by atoms with Crippen molar-refractivity contribution < 1.29 is 4.42 Å². The Morgan fingerprint density at radius 3 is 2.61 bits per heavy atom. The van der Waals surface area contributed by atoms with Crippen LogP contribution in [0.4, 0.5) is 11.5 Å². The molecule has 0 saturated heterocycles. The molecule has 0 aliphatic rings. The molecule has 4 nitrogen and oxygen atoms in total. The molecule has 0 atom stereocenters. The van der Waals surface area contributed by atoms with E-state index in [1.807, 2.05) is 40.9 Å². The maximum absolute atomic E-state index is 5.70. The van der Waals surface area contributed by atoms with Crippen LogP contribution in [0.2, 0.25) is 0 Å². The Morgan fingerprint density at radius 2 is 1.87 bits per heavy atom. The standard InChI is InChI=1S/C18H14BrN3O/c1-12-5-7-13(8-6-12)20-18-17(14-9-10-15(19)23-14)21-16-4-2-3-11-22(16)18/h2-11,20H,1H3. The fourth-order valence-corrected chi connectivity index (χ4v) is 2.81. The van der Waals surface area contributed by atoms with Gasteiger partial charge in [0.25, 0.3) is 0 Å². The van der Waals surface area contributed by atoms with Gasteiger partial charge in [0.15, 0.2) is 10.4 Å². The number of hydrogen-bond acceptors (Lipinski definition) is 3. The van der Waals surface area contributed by atoms with Crippen molar-refractivity contribution in [1.29, 1.82) is 0 Å². The first-order valence-corrected chi connectivity index (χ1v) is 8.06. The molecule has 0 aliphatic carbocycles. The second-order valence-corrected chi connectivity index (χ2v) is 6.11. The van der Waals surface area contributed by atoms with Crippen molar-refractivity contribution in [1.82, 2.24) is 9.38 Å². The number of fused-ring (bicyclic) bond motifs is 1. The number of pyridine rings is 1. The van der Waals surface area contributed by atoms with Gasteiger partial charge in [-0.3, -0.25) is 4.40 Å². The van der Waals surface area contributed by atoms with Crippen molar-refractivity contribution in [2.75, 3.05) is 5.32 Å². The van der Waals surface area contributed by atoms with Gasteiger partial charge in [0.05, 0.1) is 0 Å². The van der Waals surface area contributed by atoms with E-state index in [2.05, 4.69) is 52.4 Å². The third-order valence-electron chi connectivity index (χ3n) is 3.65. The Kier molecular flexibility index (Phi) is 3.42. The molecular formula is C18H14BrN3O. The van der Waals surface area contributed by atoms with Gasteiger partial charge in [0, 0.05) is 11.9 Å². The Bertz CT molecular complexity index is 970. The van der Waals surface area contributed by atoms with Gasteiger partial charge < -0.3 is 9.73 Å². The molecule has 0 unspecified atom stereocenters. The minimum absolute atomic E-state index is 0.686. The van der Waals surface area contributed by atoms with Crippen LogP contribution < -0.4 is 5.32 Å². The predicted molar refractivity (Wildman–Crippen MR) is 95.1 cm³/mol. The van der Waals surface area contributed by atoms with Crippen molar-refractivity contribution >= 4 is 33.1 Å². The lowest BCUT2D eigenvalue weighted by molar-refractivity contribution is 0.554. The summed E-state index contributed by atoms with van der Waals surface area (Å²) in [5.74, 6) is 1.60. The Balaban J connectivity index is 1.87. The molecule has 0 amide bonds. The maximum Gasteiger partial charge on any atom is 0.169 e. The summed E-state index contributed by atoms with van der Waals surface area (Å²) in [6, 6.07) is 18.0. The summed E-state index contributed by atoms with van der Waals surface area (Å²) in [7, 11) is 0. The number of rotatable bonds is 3. The summed E-state index contributed by atoms with van der Waals surface area (Å²) in [6.07, 6.45) is 1.99. The molecule has 3 aromatic heterocycles. The van der Waals surface area contributed by atoms with Crippen LogP contribution in [0, 0.1) is 6.92 Å². The molecule has 1 aromatic carbocycles. The van der Waals surface area contributed by atoms with E-state index in [9.17, 15) is 0 Å². The van der Waals surface area contributed by atoms with Crippen molar-refractivity contribution in [2.24, 2.45) is 0 Å². The molecule has 0 saturated carbocycles. The van der Waals surface area contributed by atoms with Crippen molar-refractivity contribution in [3.63, 3.8) is 0 Å². The average Bonchev–Trinajstić information content (AvgIpc) is 3.14. The van der Waals surface area contributed by atoms with Gasteiger partial charge in [-0.15, -0.1) is 0 Å². The van der Waals surface area contributed by atoms with E-state index in [0.29, 0.717) is 4.67 Å². The normalized spacial score (nSPS) is 11.0. The van der Waals surface area contributed by atoms with Gasteiger partial charge in [-0.2, -0.15) is 0 Å². The van der Waals surface area contributed by atoms with Gasteiger partial charge in [0.2, 0.25) is 0 Å². The van der Waals surface area contributed by atoms with Gasteiger partial charge in [-0.05, 0) is 59.3 Å². The number of nitrogens with one attached hydrogen (secondary N) is 1. The summed E-state index contributed by atoms with van der Waals surface area (Å²) in [4.78, 5) is 4.70. The molecule has 0 fully saturated rings. The molecule has 0 aliphatic heterocycles. The number of halogens is 1. The van der Waals surface area contributed by atoms with Crippen LogP contribution in [-0.4, -0.2) is 9.38 Å². The van der Waals surface area contributed by atoms with Gasteiger partial charge in [-0.1, -0.05) is 23.8 Å². The number of aromatic nitrogens is 2. The molecular weight excluding hydrogens is 354 g/mol. The van der Waals surface area contributed by atoms with Gasteiger partial charge in [-0.25, -0.2) is 4.98 Å². The summed E-state index contributed by atoms with van der Waals surface area (Å²) < 4.78 is 8.40. The second-order valence-electron chi connectivity index (χ2n) is 5.33. The lowest BCUT2D eigenvalue weighted by atomic mass is 10.2. The molecule has 5 heteroatoms. The molecule has 4 rings (SSSR count). The molecule has 0 bridgehead atoms. The Morgan fingerprint density at radius 1 is 1.04 bits per heavy atom. The molecule has 4 aromatic rings. The van der Waals surface area contributed by atoms with E-state index < -0.39 is 0 Å². The van der Waals surface area contributed by atoms with Crippen LogP contribution in [0.3, 0.4) is 0 Å². The SMILES string of the molecule is Cc1ccc(Nc2c(-c3ccc(Br)o3)nc3ccccn23)cc1. The number of imidazole rings is 1. The van der Waals surface area contributed by atoms with E-state index in [1.54, 1.807) is 0 Å². The summed E-state index contributed by atoms with van der Waals surface area (Å²) in [5.41, 5.74) is 3.88. The van der Waals surface area contributed by atoms with E-state index in [-0.39, 0.29) is 0 Å². The van der Waals surface area contributed by atoms with Crippen molar-refractivity contribution in [3.8, 4) is 11.5 Å². The highest BCUT2D eigenvalue weighted by Gasteiger charge is 2.17. The fourth-order valence-electron chi connectivity index (χ4n) is 2.50. The van der Waals surface area contributed by atoms with Crippen LogP contribution >= 0.6 is 15.9 Å². The van der Waals surface area contributed by atoms with Crippen LogP contribution in [0.1, 0.15) is 5.56 Å².